The van der Waals surface area contributed by atoms with E-state index in [4.69, 9.17) is 4.74 Å². The van der Waals surface area contributed by atoms with Crippen LogP contribution in [0.2, 0.25) is 0 Å². The zero-order valence-electron chi connectivity index (χ0n) is 11.1. The van der Waals surface area contributed by atoms with Gasteiger partial charge in [-0.2, -0.15) is 0 Å². The van der Waals surface area contributed by atoms with E-state index in [1.807, 2.05) is 25.1 Å². The smallest absolute Gasteiger partial charge is 0.281 e. The number of aryl methyl sites for hydroxylation is 1. The van der Waals surface area contributed by atoms with E-state index in [0.717, 1.165) is 12.0 Å². The normalized spacial score (nSPS) is 9.79. The average Bonchev–Trinajstić information content (AvgIpc) is 2.45. The largest absolute Gasteiger partial charge is 0.484 e. The Bertz CT molecular complexity index is 434. The molecule has 0 atom stereocenters. The Morgan fingerprint density at radius 2 is 2.00 bits per heavy atom. The fraction of sp³-hybridized carbons (Fsp3) is 0.385. The molecule has 0 spiro atoms. The molecule has 1 aromatic carbocycles. The second-order valence-corrected chi connectivity index (χ2v) is 3.78. The van der Waals surface area contributed by atoms with Gasteiger partial charge in [0.05, 0.1) is 0 Å². The first-order chi connectivity index (χ1) is 9.15. The summed E-state index contributed by atoms with van der Waals surface area (Å²) < 4.78 is 5.30. The number of hydrogen-bond donors (Lipinski definition) is 2. The molecular formula is C13H18N2O4. The molecule has 2 amide bonds. The summed E-state index contributed by atoms with van der Waals surface area (Å²) in [5.41, 5.74) is 3.26. The van der Waals surface area contributed by atoms with Gasteiger partial charge in [-0.05, 0) is 24.1 Å². The highest BCUT2D eigenvalue weighted by molar-refractivity contribution is 5.78. The van der Waals surface area contributed by atoms with Gasteiger partial charge in [-0.3, -0.25) is 14.4 Å². The second-order valence-electron chi connectivity index (χ2n) is 3.78. The van der Waals surface area contributed by atoms with Crippen LogP contribution in [0, 0.1) is 0 Å². The van der Waals surface area contributed by atoms with E-state index in [2.05, 4.69) is 15.6 Å². The molecule has 104 valence electrons. The van der Waals surface area contributed by atoms with Gasteiger partial charge in [0.15, 0.2) is 13.2 Å². The quantitative estimate of drug-likeness (QED) is 0.701. The number of amides is 2. The van der Waals surface area contributed by atoms with Gasteiger partial charge in [-0.25, -0.2) is 5.48 Å². The van der Waals surface area contributed by atoms with Crippen molar-refractivity contribution >= 4 is 11.8 Å². The van der Waals surface area contributed by atoms with E-state index >= 15 is 0 Å². The lowest BCUT2D eigenvalue weighted by atomic mass is 10.2. The van der Waals surface area contributed by atoms with E-state index in [1.165, 1.54) is 7.05 Å². The number of carbonyl (C=O) groups excluding carboxylic acids is 2. The zero-order valence-corrected chi connectivity index (χ0v) is 11.1. The molecule has 6 heteroatoms. The average molecular weight is 266 g/mol. The molecule has 19 heavy (non-hydrogen) atoms. The molecule has 0 fully saturated rings. The lowest BCUT2D eigenvalue weighted by Crippen LogP contribution is -2.33. The Morgan fingerprint density at radius 3 is 2.68 bits per heavy atom. The molecule has 1 aromatic rings. The number of ether oxygens (including phenoxy) is 1. The van der Waals surface area contributed by atoms with Gasteiger partial charge in [-0.15, -0.1) is 0 Å². The van der Waals surface area contributed by atoms with Crippen molar-refractivity contribution in [1.29, 1.82) is 0 Å². The topological polar surface area (TPSA) is 76.7 Å². The fourth-order valence-corrected chi connectivity index (χ4v) is 1.29. The van der Waals surface area contributed by atoms with Gasteiger partial charge in [-0.1, -0.05) is 19.1 Å². The van der Waals surface area contributed by atoms with Crippen LogP contribution < -0.4 is 15.5 Å². The highest BCUT2D eigenvalue weighted by atomic mass is 16.7. The maximum atomic E-state index is 11.3. The van der Waals surface area contributed by atoms with Crippen LogP contribution in [0.5, 0.6) is 5.75 Å². The first-order valence-electron chi connectivity index (χ1n) is 5.98. The second kappa shape index (κ2) is 8.10. The Balaban J connectivity index is 2.27. The molecular weight excluding hydrogens is 248 g/mol. The van der Waals surface area contributed by atoms with Gasteiger partial charge in [0, 0.05) is 7.05 Å². The number of rotatable bonds is 7. The fourth-order valence-electron chi connectivity index (χ4n) is 1.29. The van der Waals surface area contributed by atoms with Crippen molar-refractivity contribution in [2.45, 2.75) is 13.3 Å². The molecule has 0 saturated carbocycles. The molecule has 0 radical (unpaired) electrons. The van der Waals surface area contributed by atoms with E-state index in [1.54, 1.807) is 6.07 Å². The number of likely N-dealkylation sites (N-methyl/N-ethyl adjacent to an activating group) is 1. The van der Waals surface area contributed by atoms with E-state index in [0.29, 0.717) is 5.75 Å². The summed E-state index contributed by atoms with van der Waals surface area (Å²) in [5, 5.41) is 2.36. The minimum atomic E-state index is -0.453. The third-order valence-corrected chi connectivity index (χ3v) is 2.34. The molecule has 0 aliphatic heterocycles. The van der Waals surface area contributed by atoms with E-state index in [9.17, 15) is 9.59 Å². The monoisotopic (exact) mass is 266 g/mol. The SMILES string of the molecule is CCc1cccc(OCC(=O)NOCC(=O)NC)c1. The maximum Gasteiger partial charge on any atom is 0.281 e. The van der Waals surface area contributed by atoms with Crippen LogP contribution in [0.4, 0.5) is 0 Å². The molecule has 2 N–H and O–H groups in total. The Morgan fingerprint density at radius 1 is 1.21 bits per heavy atom. The lowest BCUT2D eigenvalue weighted by molar-refractivity contribution is -0.140. The summed E-state index contributed by atoms with van der Waals surface area (Å²) in [5.74, 6) is -0.150. The van der Waals surface area contributed by atoms with Gasteiger partial charge >= 0.3 is 0 Å². The summed E-state index contributed by atoms with van der Waals surface area (Å²) in [4.78, 5) is 26.9. The van der Waals surface area contributed by atoms with Crippen molar-refractivity contribution in [1.82, 2.24) is 10.8 Å². The molecule has 1 rings (SSSR count). The van der Waals surface area contributed by atoms with Crippen molar-refractivity contribution in [2.24, 2.45) is 0 Å². The van der Waals surface area contributed by atoms with Gasteiger partial charge in [0.1, 0.15) is 5.75 Å². The number of nitrogens with one attached hydrogen (secondary N) is 2. The van der Waals surface area contributed by atoms with E-state index in [-0.39, 0.29) is 19.1 Å². The highest BCUT2D eigenvalue weighted by Crippen LogP contribution is 2.13. The standard InChI is InChI=1S/C13H18N2O4/c1-3-10-5-4-6-11(7-10)18-8-13(17)15-19-9-12(16)14-2/h4-7H,3,8-9H2,1-2H3,(H,14,16)(H,15,17). The van der Waals surface area contributed by atoms with Crippen molar-refractivity contribution in [3.63, 3.8) is 0 Å². The molecule has 0 saturated heterocycles. The maximum absolute atomic E-state index is 11.3. The third kappa shape index (κ3) is 5.87. The van der Waals surface area contributed by atoms with Gasteiger partial charge in [0.25, 0.3) is 5.91 Å². The van der Waals surface area contributed by atoms with Crippen molar-refractivity contribution < 1.29 is 19.2 Å². The van der Waals surface area contributed by atoms with Crippen LogP contribution in [0.1, 0.15) is 12.5 Å². The van der Waals surface area contributed by atoms with Crippen LogP contribution in [0.25, 0.3) is 0 Å². The predicted octanol–water partition coefficient (Wildman–Crippen LogP) is 0.422. The first-order valence-corrected chi connectivity index (χ1v) is 5.98. The predicted molar refractivity (Wildman–Crippen MR) is 69.5 cm³/mol. The summed E-state index contributed by atoms with van der Waals surface area (Å²) in [6.45, 7) is 1.65. The number of hydrogen-bond acceptors (Lipinski definition) is 4. The molecule has 6 nitrogen and oxygen atoms in total. The lowest BCUT2D eigenvalue weighted by Gasteiger charge is -2.08. The van der Waals surface area contributed by atoms with Crippen molar-refractivity contribution in [2.75, 3.05) is 20.3 Å². The Kier molecular flexibility index (Phi) is 6.38. The number of carbonyl (C=O) groups is 2. The van der Waals surface area contributed by atoms with Crippen LogP contribution >= 0.6 is 0 Å². The molecule has 0 bridgehead atoms. The Labute approximate surface area is 112 Å². The van der Waals surface area contributed by atoms with E-state index < -0.39 is 5.91 Å². The van der Waals surface area contributed by atoms with Gasteiger partial charge in [0.2, 0.25) is 5.91 Å². The minimum Gasteiger partial charge on any atom is -0.484 e. The highest BCUT2D eigenvalue weighted by Gasteiger charge is 2.04. The molecule has 0 heterocycles. The summed E-state index contributed by atoms with van der Waals surface area (Å²) in [6, 6.07) is 7.50. The first kappa shape index (κ1) is 15.0. The van der Waals surface area contributed by atoms with Crippen molar-refractivity contribution in [3.8, 4) is 5.75 Å². The molecule has 0 unspecified atom stereocenters. The Hall–Kier alpha value is -2.08. The number of benzene rings is 1. The van der Waals surface area contributed by atoms with Gasteiger partial charge < -0.3 is 10.1 Å². The summed E-state index contributed by atoms with van der Waals surface area (Å²) in [7, 11) is 1.48. The molecule has 0 aliphatic carbocycles. The van der Waals surface area contributed by atoms with Crippen LogP contribution in [-0.2, 0) is 20.8 Å². The minimum absolute atomic E-state index is 0.166. The van der Waals surface area contributed by atoms with Crippen molar-refractivity contribution in [3.05, 3.63) is 29.8 Å². The summed E-state index contributed by atoms with van der Waals surface area (Å²) >= 11 is 0. The van der Waals surface area contributed by atoms with Crippen LogP contribution in [0.15, 0.2) is 24.3 Å². The molecule has 0 aromatic heterocycles. The zero-order chi connectivity index (χ0) is 14.1. The third-order valence-electron chi connectivity index (χ3n) is 2.34. The van der Waals surface area contributed by atoms with Crippen LogP contribution in [0.3, 0.4) is 0 Å². The molecule has 0 aliphatic rings. The number of hydroxylamine groups is 1. The summed E-state index contributed by atoms with van der Waals surface area (Å²) in [6.07, 6.45) is 0.901. The van der Waals surface area contributed by atoms with Crippen LogP contribution in [-0.4, -0.2) is 32.1 Å².